The van der Waals surface area contributed by atoms with Gasteiger partial charge in [-0.05, 0) is 13.0 Å². The van der Waals surface area contributed by atoms with Crippen LogP contribution in [0.1, 0.15) is 23.9 Å². The number of amides is 1. The van der Waals surface area contributed by atoms with Gasteiger partial charge in [0.25, 0.3) is 0 Å². The zero-order valence-corrected chi connectivity index (χ0v) is 12.4. The van der Waals surface area contributed by atoms with E-state index in [1.807, 2.05) is 38.1 Å². The van der Waals surface area contributed by atoms with E-state index in [1.54, 1.807) is 11.3 Å². The highest BCUT2D eigenvalue weighted by Gasteiger charge is 2.12. The molecule has 0 aliphatic carbocycles. The number of nitrogens with zero attached hydrogens (tertiary/aromatic N) is 1. The highest BCUT2D eigenvalue weighted by Crippen LogP contribution is 2.32. The number of aryl methyl sites for hydroxylation is 1. The molecule has 5 heteroatoms. The molecule has 19 heavy (non-hydrogen) atoms. The van der Waals surface area contributed by atoms with Crippen molar-refractivity contribution >= 4 is 28.8 Å². The highest BCUT2D eigenvalue weighted by molar-refractivity contribution is 7.15. The van der Waals surface area contributed by atoms with E-state index in [-0.39, 0.29) is 5.91 Å². The molecule has 0 aliphatic rings. The van der Waals surface area contributed by atoms with Crippen molar-refractivity contribution in [2.24, 2.45) is 0 Å². The Balaban J connectivity index is 2.22. The number of benzene rings is 1. The van der Waals surface area contributed by atoms with Gasteiger partial charge in [-0.3, -0.25) is 4.79 Å². The van der Waals surface area contributed by atoms with Gasteiger partial charge in [-0.1, -0.05) is 36.7 Å². The fourth-order valence-corrected chi connectivity index (χ4v) is 2.97. The minimum absolute atomic E-state index is 0.0482. The van der Waals surface area contributed by atoms with Crippen LogP contribution in [0.3, 0.4) is 0 Å². The van der Waals surface area contributed by atoms with Gasteiger partial charge >= 0.3 is 0 Å². The monoisotopic (exact) mass is 294 g/mol. The first-order chi connectivity index (χ1) is 9.11. The van der Waals surface area contributed by atoms with Crippen molar-refractivity contribution in [3.63, 3.8) is 0 Å². The standard InChI is InChI=1S/C14H15ClN2OS/c1-3-13(18)16-8-12-9(2)17-14(19-12)10-6-4-5-7-11(10)15/h4-7H,3,8H2,1-2H3,(H,16,18). The number of carbonyl (C=O) groups excluding carboxylic acids is 1. The van der Waals surface area contributed by atoms with E-state index >= 15 is 0 Å². The van der Waals surface area contributed by atoms with Crippen LogP contribution in [0.25, 0.3) is 10.6 Å². The number of nitrogens with one attached hydrogen (secondary N) is 1. The van der Waals surface area contributed by atoms with Crippen LogP contribution in [0, 0.1) is 6.92 Å². The molecule has 0 fully saturated rings. The lowest BCUT2D eigenvalue weighted by Gasteiger charge is -2.01. The summed E-state index contributed by atoms with van der Waals surface area (Å²) in [6.07, 6.45) is 0.495. The second-order valence-corrected chi connectivity index (χ2v) is 5.63. The molecule has 100 valence electrons. The third kappa shape index (κ3) is 3.33. The van der Waals surface area contributed by atoms with Gasteiger partial charge in [0.1, 0.15) is 5.01 Å². The van der Waals surface area contributed by atoms with E-state index in [4.69, 9.17) is 11.6 Å². The molecule has 1 aromatic carbocycles. The van der Waals surface area contributed by atoms with Gasteiger partial charge in [-0.15, -0.1) is 11.3 Å². The zero-order valence-electron chi connectivity index (χ0n) is 10.9. The second kappa shape index (κ2) is 6.17. The van der Waals surface area contributed by atoms with Gasteiger partial charge < -0.3 is 5.32 Å². The molecular weight excluding hydrogens is 280 g/mol. The maximum atomic E-state index is 11.3. The first-order valence-electron chi connectivity index (χ1n) is 6.09. The van der Waals surface area contributed by atoms with Gasteiger partial charge in [0, 0.05) is 16.9 Å². The first-order valence-corrected chi connectivity index (χ1v) is 7.29. The molecule has 1 N–H and O–H groups in total. The molecule has 0 aliphatic heterocycles. The number of aromatic nitrogens is 1. The number of hydrogen-bond acceptors (Lipinski definition) is 3. The van der Waals surface area contributed by atoms with Gasteiger partial charge in [0.2, 0.25) is 5.91 Å². The average molecular weight is 295 g/mol. The average Bonchev–Trinajstić information content (AvgIpc) is 2.77. The summed E-state index contributed by atoms with van der Waals surface area (Å²) in [6, 6.07) is 7.65. The molecule has 0 bridgehead atoms. The number of halogens is 1. The van der Waals surface area contributed by atoms with E-state index in [1.165, 1.54) is 0 Å². The topological polar surface area (TPSA) is 42.0 Å². The molecular formula is C14H15ClN2OS. The van der Waals surface area contributed by atoms with Crippen LogP contribution in [0.5, 0.6) is 0 Å². The Morgan fingerprint density at radius 2 is 2.16 bits per heavy atom. The van der Waals surface area contributed by atoms with Crippen molar-refractivity contribution in [3.05, 3.63) is 39.9 Å². The van der Waals surface area contributed by atoms with E-state index < -0.39 is 0 Å². The molecule has 1 heterocycles. The second-order valence-electron chi connectivity index (χ2n) is 4.14. The Bertz CT molecular complexity index is 595. The maximum absolute atomic E-state index is 11.3. The molecule has 0 spiro atoms. The lowest BCUT2D eigenvalue weighted by atomic mass is 10.2. The SMILES string of the molecule is CCC(=O)NCc1sc(-c2ccccc2Cl)nc1C. The molecule has 0 radical (unpaired) electrons. The maximum Gasteiger partial charge on any atom is 0.220 e. The predicted octanol–water partition coefficient (Wildman–Crippen LogP) is 3.80. The molecule has 0 saturated heterocycles. The van der Waals surface area contributed by atoms with Crippen LogP contribution < -0.4 is 5.32 Å². The molecule has 3 nitrogen and oxygen atoms in total. The third-order valence-corrected chi connectivity index (χ3v) is 4.28. The number of hydrogen-bond donors (Lipinski definition) is 1. The summed E-state index contributed by atoms with van der Waals surface area (Å²) in [5.41, 5.74) is 1.88. The Labute approximate surface area is 121 Å². The summed E-state index contributed by atoms with van der Waals surface area (Å²) in [4.78, 5) is 16.9. The van der Waals surface area contributed by atoms with Gasteiger partial charge in [0.15, 0.2) is 0 Å². The molecule has 2 rings (SSSR count). The first kappa shape index (κ1) is 14.0. The summed E-state index contributed by atoms with van der Waals surface area (Å²) in [5, 5.41) is 4.45. The van der Waals surface area contributed by atoms with Gasteiger partial charge in [-0.25, -0.2) is 4.98 Å². The summed E-state index contributed by atoms with van der Waals surface area (Å²) >= 11 is 7.74. The highest BCUT2D eigenvalue weighted by atomic mass is 35.5. The van der Waals surface area contributed by atoms with Crippen molar-refractivity contribution in [2.75, 3.05) is 0 Å². The predicted molar refractivity (Wildman–Crippen MR) is 79.4 cm³/mol. The van der Waals surface area contributed by atoms with E-state index in [9.17, 15) is 4.79 Å². The summed E-state index contributed by atoms with van der Waals surface area (Å²) in [5.74, 6) is 0.0482. The number of carbonyl (C=O) groups is 1. The Morgan fingerprint density at radius 3 is 2.84 bits per heavy atom. The molecule has 0 saturated carbocycles. The fraction of sp³-hybridized carbons (Fsp3) is 0.286. The fourth-order valence-electron chi connectivity index (χ4n) is 1.65. The third-order valence-electron chi connectivity index (χ3n) is 2.76. The van der Waals surface area contributed by atoms with Gasteiger partial charge in [-0.2, -0.15) is 0 Å². The van der Waals surface area contributed by atoms with Crippen molar-refractivity contribution in [1.82, 2.24) is 10.3 Å². The molecule has 0 unspecified atom stereocenters. The van der Waals surface area contributed by atoms with Crippen LogP contribution >= 0.6 is 22.9 Å². The van der Waals surface area contributed by atoms with Crippen LogP contribution in [0.15, 0.2) is 24.3 Å². The minimum atomic E-state index is 0.0482. The minimum Gasteiger partial charge on any atom is -0.351 e. The smallest absolute Gasteiger partial charge is 0.220 e. The van der Waals surface area contributed by atoms with Crippen molar-refractivity contribution in [1.29, 1.82) is 0 Å². The largest absolute Gasteiger partial charge is 0.351 e. The summed E-state index contributed by atoms with van der Waals surface area (Å²) in [7, 11) is 0. The molecule has 1 amide bonds. The number of rotatable bonds is 4. The van der Waals surface area contributed by atoms with Gasteiger partial charge in [0.05, 0.1) is 17.3 Å². The quantitative estimate of drug-likeness (QED) is 0.932. The molecule has 2 aromatic rings. The molecule has 0 atom stereocenters. The van der Waals surface area contributed by atoms with E-state index in [0.717, 1.165) is 21.1 Å². The molecule has 1 aromatic heterocycles. The normalized spacial score (nSPS) is 10.5. The number of thiazole rings is 1. The lowest BCUT2D eigenvalue weighted by molar-refractivity contribution is -0.120. The van der Waals surface area contributed by atoms with Crippen LogP contribution in [0.4, 0.5) is 0 Å². The summed E-state index contributed by atoms with van der Waals surface area (Å²) < 4.78 is 0. The van der Waals surface area contributed by atoms with Crippen molar-refractivity contribution in [3.8, 4) is 10.6 Å². The van der Waals surface area contributed by atoms with Crippen molar-refractivity contribution < 1.29 is 4.79 Å². The Hall–Kier alpha value is -1.39. The van der Waals surface area contributed by atoms with E-state index in [0.29, 0.717) is 18.0 Å². The van der Waals surface area contributed by atoms with Crippen LogP contribution in [-0.4, -0.2) is 10.9 Å². The lowest BCUT2D eigenvalue weighted by Crippen LogP contribution is -2.21. The zero-order chi connectivity index (χ0) is 13.8. The van der Waals surface area contributed by atoms with E-state index in [2.05, 4.69) is 10.3 Å². The Kier molecular flexibility index (Phi) is 4.56. The summed E-state index contributed by atoms with van der Waals surface area (Å²) in [6.45, 7) is 4.31. The Morgan fingerprint density at radius 1 is 1.42 bits per heavy atom. The van der Waals surface area contributed by atoms with Crippen LogP contribution in [-0.2, 0) is 11.3 Å². The van der Waals surface area contributed by atoms with Crippen LogP contribution in [0.2, 0.25) is 5.02 Å². The van der Waals surface area contributed by atoms with Crippen molar-refractivity contribution in [2.45, 2.75) is 26.8 Å².